The average molecular weight is 255 g/mol. The number of hydrogen-bond acceptors (Lipinski definition) is 3. The van der Waals surface area contributed by atoms with Gasteiger partial charge in [0.2, 0.25) is 5.91 Å². The molecule has 104 valence electrons. The van der Waals surface area contributed by atoms with Gasteiger partial charge in [0.1, 0.15) is 0 Å². The fourth-order valence-electron chi connectivity index (χ4n) is 3.14. The minimum atomic E-state index is 0.0206. The van der Waals surface area contributed by atoms with E-state index >= 15 is 0 Å². The first-order valence-corrected chi connectivity index (χ1v) is 7.32. The van der Waals surface area contributed by atoms with E-state index in [1.807, 2.05) is 4.90 Å². The fourth-order valence-corrected chi connectivity index (χ4v) is 3.14. The van der Waals surface area contributed by atoms with Crippen LogP contribution in [0.15, 0.2) is 0 Å². The van der Waals surface area contributed by atoms with Crippen LogP contribution in [0.3, 0.4) is 0 Å². The number of aliphatic hydroxyl groups excluding tert-OH is 1. The van der Waals surface area contributed by atoms with Crippen LogP contribution >= 0.6 is 0 Å². The number of nitrogens with zero attached hydrogens (tertiary/aromatic N) is 1. The van der Waals surface area contributed by atoms with Crippen molar-refractivity contribution in [1.29, 1.82) is 0 Å². The van der Waals surface area contributed by atoms with Crippen molar-refractivity contribution in [1.82, 2.24) is 4.90 Å². The van der Waals surface area contributed by atoms with E-state index in [9.17, 15) is 9.90 Å². The second-order valence-corrected chi connectivity index (χ2v) is 5.46. The summed E-state index contributed by atoms with van der Waals surface area (Å²) in [7, 11) is 0. The standard InChI is InChI=1S/C14H25NO3/c16-9-8-15(13-6-2-1-3-7-13)14(17)12-5-4-10-18-11-12/h12-13,16H,1-11H2. The van der Waals surface area contributed by atoms with Gasteiger partial charge in [-0.25, -0.2) is 0 Å². The van der Waals surface area contributed by atoms with Gasteiger partial charge in [-0.3, -0.25) is 4.79 Å². The van der Waals surface area contributed by atoms with Gasteiger partial charge in [0.15, 0.2) is 0 Å². The number of carbonyl (C=O) groups excluding carboxylic acids is 1. The molecule has 2 fully saturated rings. The summed E-state index contributed by atoms with van der Waals surface area (Å²) < 4.78 is 5.41. The maximum Gasteiger partial charge on any atom is 0.228 e. The molecule has 18 heavy (non-hydrogen) atoms. The molecule has 2 aliphatic rings. The smallest absolute Gasteiger partial charge is 0.228 e. The third-order valence-electron chi connectivity index (χ3n) is 4.15. The molecular weight excluding hydrogens is 230 g/mol. The Kier molecular flexibility index (Phi) is 5.45. The Morgan fingerprint density at radius 2 is 1.94 bits per heavy atom. The van der Waals surface area contributed by atoms with Crippen LogP contribution in [-0.4, -0.2) is 48.3 Å². The maximum absolute atomic E-state index is 12.5. The Morgan fingerprint density at radius 1 is 1.17 bits per heavy atom. The quantitative estimate of drug-likeness (QED) is 0.829. The van der Waals surface area contributed by atoms with Gasteiger partial charge in [0.05, 0.1) is 19.1 Å². The van der Waals surface area contributed by atoms with Crippen LogP contribution in [0.5, 0.6) is 0 Å². The SMILES string of the molecule is O=C(C1CCCOC1)N(CCO)C1CCCCC1. The number of amides is 1. The molecule has 0 aromatic rings. The molecule has 0 spiro atoms. The Balaban J connectivity index is 1.96. The van der Waals surface area contributed by atoms with E-state index in [-0.39, 0.29) is 18.4 Å². The number of hydrogen-bond donors (Lipinski definition) is 1. The zero-order valence-electron chi connectivity index (χ0n) is 11.1. The van der Waals surface area contributed by atoms with E-state index in [4.69, 9.17) is 4.74 Å². The summed E-state index contributed by atoms with van der Waals surface area (Å²) in [6.07, 6.45) is 7.81. The first-order chi connectivity index (χ1) is 8.83. The van der Waals surface area contributed by atoms with Gasteiger partial charge < -0.3 is 14.7 Å². The molecule has 1 heterocycles. The summed E-state index contributed by atoms with van der Waals surface area (Å²) in [6.45, 7) is 1.90. The van der Waals surface area contributed by atoms with E-state index in [1.54, 1.807) is 0 Å². The molecule has 0 bridgehead atoms. The van der Waals surface area contributed by atoms with Gasteiger partial charge in [-0.2, -0.15) is 0 Å². The molecule has 0 aromatic heterocycles. The van der Waals surface area contributed by atoms with Crippen LogP contribution < -0.4 is 0 Å². The highest BCUT2D eigenvalue weighted by molar-refractivity contribution is 5.79. The first kappa shape index (κ1) is 13.8. The molecule has 1 unspecified atom stereocenters. The zero-order valence-corrected chi connectivity index (χ0v) is 11.1. The molecule has 1 N–H and O–H groups in total. The molecule has 1 saturated heterocycles. The van der Waals surface area contributed by atoms with E-state index in [1.165, 1.54) is 19.3 Å². The Bertz CT molecular complexity index is 258. The predicted octanol–water partition coefficient (Wildman–Crippen LogP) is 1.57. The number of rotatable bonds is 4. The second kappa shape index (κ2) is 7.10. The van der Waals surface area contributed by atoms with Gasteiger partial charge in [-0.1, -0.05) is 19.3 Å². The van der Waals surface area contributed by atoms with Gasteiger partial charge >= 0.3 is 0 Å². The highest BCUT2D eigenvalue weighted by Gasteiger charge is 2.31. The molecule has 4 heteroatoms. The lowest BCUT2D eigenvalue weighted by Crippen LogP contribution is -2.47. The zero-order chi connectivity index (χ0) is 12.8. The normalized spacial score (nSPS) is 25.9. The molecule has 1 atom stereocenters. The van der Waals surface area contributed by atoms with Crippen LogP contribution in [0.25, 0.3) is 0 Å². The lowest BCUT2D eigenvalue weighted by molar-refractivity contribution is -0.143. The van der Waals surface area contributed by atoms with E-state index < -0.39 is 0 Å². The fraction of sp³-hybridized carbons (Fsp3) is 0.929. The highest BCUT2D eigenvalue weighted by atomic mass is 16.5. The van der Waals surface area contributed by atoms with Gasteiger partial charge in [0, 0.05) is 19.2 Å². The van der Waals surface area contributed by atoms with Gasteiger partial charge in [-0.05, 0) is 25.7 Å². The molecule has 1 amide bonds. The van der Waals surface area contributed by atoms with Crippen LogP contribution in [0.2, 0.25) is 0 Å². The predicted molar refractivity (Wildman–Crippen MR) is 69.2 cm³/mol. The van der Waals surface area contributed by atoms with Crippen molar-refractivity contribution in [2.24, 2.45) is 5.92 Å². The summed E-state index contributed by atoms with van der Waals surface area (Å²) >= 11 is 0. The second-order valence-electron chi connectivity index (χ2n) is 5.46. The molecule has 2 rings (SSSR count). The summed E-state index contributed by atoms with van der Waals surface area (Å²) in [4.78, 5) is 14.5. The molecule has 1 saturated carbocycles. The Labute approximate surface area is 109 Å². The van der Waals surface area contributed by atoms with E-state index in [0.717, 1.165) is 32.3 Å². The number of carbonyl (C=O) groups is 1. The third kappa shape index (κ3) is 3.45. The third-order valence-corrected chi connectivity index (χ3v) is 4.15. The van der Waals surface area contributed by atoms with Crippen LogP contribution in [0.1, 0.15) is 44.9 Å². The van der Waals surface area contributed by atoms with Crippen molar-refractivity contribution in [3.63, 3.8) is 0 Å². The summed E-state index contributed by atoms with van der Waals surface area (Å²) in [5.74, 6) is 0.225. The molecule has 1 aliphatic heterocycles. The first-order valence-electron chi connectivity index (χ1n) is 7.32. The molecule has 0 aromatic carbocycles. The summed E-state index contributed by atoms with van der Waals surface area (Å²) in [6, 6.07) is 0.348. The molecule has 1 aliphatic carbocycles. The Hall–Kier alpha value is -0.610. The van der Waals surface area contributed by atoms with Crippen molar-refractivity contribution >= 4 is 5.91 Å². The minimum Gasteiger partial charge on any atom is -0.395 e. The largest absolute Gasteiger partial charge is 0.395 e. The van der Waals surface area contributed by atoms with Crippen LogP contribution in [0.4, 0.5) is 0 Å². The highest BCUT2D eigenvalue weighted by Crippen LogP contribution is 2.25. The average Bonchev–Trinajstić information content (AvgIpc) is 2.46. The van der Waals surface area contributed by atoms with Crippen molar-refractivity contribution in [3.8, 4) is 0 Å². The topological polar surface area (TPSA) is 49.8 Å². The van der Waals surface area contributed by atoms with Crippen molar-refractivity contribution in [3.05, 3.63) is 0 Å². The molecule has 4 nitrogen and oxygen atoms in total. The van der Waals surface area contributed by atoms with Crippen LogP contribution in [0, 0.1) is 5.92 Å². The number of ether oxygens (including phenoxy) is 1. The van der Waals surface area contributed by atoms with Gasteiger partial charge in [0.25, 0.3) is 0 Å². The van der Waals surface area contributed by atoms with Gasteiger partial charge in [-0.15, -0.1) is 0 Å². The monoisotopic (exact) mass is 255 g/mol. The van der Waals surface area contributed by atoms with Crippen molar-refractivity contribution < 1.29 is 14.6 Å². The molecular formula is C14H25NO3. The molecule has 0 radical (unpaired) electrons. The lowest BCUT2D eigenvalue weighted by Gasteiger charge is -2.37. The van der Waals surface area contributed by atoms with Crippen molar-refractivity contribution in [2.75, 3.05) is 26.4 Å². The van der Waals surface area contributed by atoms with Crippen LogP contribution in [-0.2, 0) is 9.53 Å². The number of aliphatic hydroxyl groups is 1. The Morgan fingerprint density at radius 3 is 2.56 bits per heavy atom. The maximum atomic E-state index is 12.5. The van der Waals surface area contributed by atoms with Crippen molar-refractivity contribution in [2.45, 2.75) is 51.0 Å². The van der Waals surface area contributed by atoms with E-state index in [0.29, 0.717) is 19.2 Å². The summed E-state index contributed by atoms with van der Waals surface area (Å²) in [5, 5.41) is 9.19. The lowest BCUT2D eigenvalue weighted by atomic mass is 9.92. The van der Waals surface area contributed by atoms with E-state index in [2.05, 4.69) is 0 Å². The minimum absolute atomic E-state index is 0.0206. The summed E-state index contributed by atoms with van der Waals surface area (Å²) in [5.41, 5.74) is 0.